The fourth-order valence-electron chi connectivity index (χ4n) is 2.37. The molecule has 0 amide bonds. The van der Waals surface area contributed by atoms with Gasteiger partial charge in [-0.15, -0.1) is 0 Å². The maximum Gasteiger partial charge on any atom is 0.237 e. The summed E-state index contributed by atoms with van der Waals surface area (Å²) in [6, 6.07) is 5.34. The number of aliphatic hydroxyl groups excluding tert-OH is 1. The van der Waals surface area contributed by atoms with E-state index in [4.69, 9.17) is 9.84 Å². The molecule has 0 aliphatic carbocycles. The fraction of sp³-hybridized carbons (Fsp3) is 0.294. The number of carbonyl (C=O) groups excluding carboxylic acids is 1. The summed E-state index contributed by atoms with van der Waals surface area (Å²) in [6.07, 6.45) is 5.04. The molecule has 0 atom stereocenters. The van der Waals surface area contributed by atoms with Crippen LogP contribution in [-0.2, 0) is 4.74 Å². The van der Waals surface area contributed by atoms with E-state index in [1.807, 2.05) is 6.07 Å². The van der Waals surface area contributed by atoms with E-state index in [1.54, 1.807) is 35.4 Å². The number of aliphatic hydroxyl groups is 1. The number of nitrogens with one attached hydrogen (secondary N) is 1. The number of carbonyl (C=O) groups is 1. The lowest BCUT2D eigenvalue weighted by atomic mass is 10.1. The first-order valence-corrected chi connectivity index (χ1v) is 7.92. The molecule has 0 aliphatic rings. The molecule has 3 aromatic rings. The zero-order chi connectivity index (χ0) is 17.6. The maximum absolute atomic E-state index is 11.7. The van der Waals surface area contributed by atoms with Crippen molar-refractivity contribution in [1.29, 1.82) is 0 Å². The maximum atomic E-state index is 11.7. The highest BCUT2D eigenvalue weighted by molar-refractivity contribution is 6.00. The van der Waals surface area contributed by atoms with Gasteiger partial charge in [-0.05, 0) is 25.1 Å². The lowest BCUT2D eigenvalue weighted by Crippen LogP contribution is -2.13. The van der Waals surface area contributed by atoms with Crippen LogP contribution in [0.25, 0.3) is 16.9 Å². The van der Waals surface area contributed by atoms with Crippen LogP contribution in [0.2, 0.25) is 0 Å². The molecule has 0 bridgehead atoms. The normalized spacial score (nSPS) is 11.0. The summed E-state index contributed by atoms with van der Waals surface area (Å²) >= 11 is 0. The SMILES string of the molecule is CC(=O)c1ccc2nc(-n3ccnc3)nc(NCCOCCO)c2c1. The molecule has 0 fully saturated rings. The van der Waals surface area contributed by atoms with Crippen LogP contribution in [0.4, 0.5) is 5.82 Å². The second-order valence-electron chi connectivity index (χ2n) is 5.39. The number of hydrogen-bond acceptors (Lipinski definition) is 7. The number of aromatic nitrogens is 4. The van der Waals surface area contributed by atoms with E-state index in [0.717, 1.165) is 10.9 Å². The molecule has 2 N–H and O–H groups in total. The Hall–Kier alpha value is -2.84. The van der Waals surface area contributed by atoms with Gasteiger partial charge in [-0.25, -0.2) is 9.97 Å². The van der Waals surface area contributed by atoms with Gasteiger partial charge in [-0.1, -0.05) is 0 Å². The molecule has 0 radical (unpaired) electrons. The van der Waals surface area contributed by atoms with E-state index in [-0.39, 0.29) is 12.4 Å². The molecule has 0 aliphatic heterocycles. The number of hydrogen-bond donors (Lipinski definition) is 2. The van der Waals surface area contributed by atoms with Crippen molar-refractivity contribution in [2.24, 2.45) is 0 Å². The molecule has 0 saturated carbocycles. The van der Waals surface area contributed by atoms with Gasteiger partial charge in [0.15, 0.2) is 5.78 Å². The quantitative estimate of drug-likeness (QED) is 0.472. The van der Waals surface area contributed by atoms with E-state index in [2.05, 4.69) is 20.3 Å². The lowest BCUT2D eigenvalue weighted by Gasteiger charge is -2.12. The number of ketones is 1. The monoisotopic (exact) mass is 341 g/mol. The van der Waals surface area contributed by atoms with Crippen molar-refractivity contribution in [1.82, 2.24) is 19.5 Å². The second-order valence-corrected chi connectivity index (χ2v) is 5.39. The van der Waals surface area contributed by atoms with Gasteiger partial charge in [0.2, 0.25) is 5.95 Å². The predicted molar refractivity (Wildman–Crippen MR) is 93.1 cm³/mol. The first-order valence-electron chi connectivity index (χ1n) is 7.92. The number of nitrogens with zero attached hydrogens (tertiary/aromatic N) is 4. The highest BCUT2D eigenvalue weighted by Crippen LogP contribution is 2.23. The van der Waals surface area contributed by atoms with Crippen molar-refractivity contribution < 1.29 is 14.6 Å². The van der Waals surface area contributed by atoms with Gasteiger partial charge < -0.3 is 15.2 Å². The third kappa shape index (κ3) is 3.98. The van der Waals surface area contributed by atoms with Gasteiger partial charge in [0.05, 0.1) is 25.3 Å². The summed E-state index contributed by atoms with van der Waals surface area (Å²) < 4.78 is 6.97. The first kappa shape index (κ1) is 17.0. The van der Waals surface area contributed by atoms with Gasteiger partial charge in [0.25, 0.3) is 0 Å². The first-order chi connectivity index (χ1) is 12.2. The van der Waals surface area contributed by atoms with Crippen molar-refractivity contribution in [3.63, 3.8) is 0 Å². The highest BCUT2D eigenvalue weighted by Gasteiger charge is 2.11. The van der Waals surface area contributed by atoms with Crippen LogP contribution in [0.15, 0.2) is 36.9 Å². The van der Waals surface area contributed by atoms with Crippen molar-refractivity contribution in [3.05, 3.63) is 42.5 Å². The summed E-state index contributed by atoms with van der Waals surface area (Å²) in [7, 11) is 0. The van der Waals surface area contributed by atoms with Gasteiger partial charge in [0.1, 0.15) is 12.1 Å². The number of fused-ring (bicyclic) bond motifs is 1. The molecule has 0 saturated heterocycles. The van der Waals surface area contributed by atoms with E-state index < -0.39 is 0 Å². The zero-order valence-electron chi connectivity index (χ0n) is 13.8. The summed E-state index contributed by atoms with van der Waals surface area (Å²) in [4.78, 5) is 24.8. The van der Waals surface area contributed by atoms with Crippen LogP contribution in [0.3, 0.4) is 0 Å². The number of Topliss-reactive ketones (excluding diaryl/α,β-unsaturated/α-hetero) is 1. The Morgan fingerprint density at radius 2 is 2.20 bits per heavy atom. The topological polar surface area (TPSA) is 102 Å². The van der Waals surface area contributed by atoms with Crippen molar-refractivity contribution in [3.8, 4) is 5.95 Å². The minimum atomic E-state index is -0.0159. The molecule has 2 aromatic heterocycles. The smallest absolute Gasteiger partial charge is 0.237 e. The number of benzene rings is 1. The Kier molecular flexibility index (Phi) is 5.32. The number of ether oxygens (including phenoxy) is 1. The molecule has 8 nitrogen and oxygen atoms in total. The highest BCUT2D eigenvalue weighted by atomic mass is 16.5. The van der Waals surface area contributed by atoms with Gasteiger partial charge >= 0.3 is 0 Å². The average Bonchev–Trinajstić information content (AvgIpc) is 3.15. The number of rotatable bonds is 8. The van der Waals surface area contributed by atoms with Gasteiger partial charge in [0, 0.05) is 29.9 Å². The molecule has 130 valence electrons. The summed E-state index contributed by atoms with van der Waals surface area (Å²) in [5.41, 5.74) is 1.33. The average molecular weight is 341 g/mol. The molecule has 25 heavy (non-hydrogen) atoms. The fourth-order valence-corrected chi connectivity index (χ4v) is 2.37. The predicted octanol–water partition coefficient (Wildman–Crippen LogP) is 1.44. The second kappa shape index (κ2) is 7.82. The van der Waals surface area contributed by atoms with Crippen molar-refractivity contribution >= 4 is 22.5 Å². The van der Waals surface area contributed by atoms with Crippen LogP contribution in [0.1, 0.15) is 17.3 Å². The van der Waals surface area contributed by atoms with Gasteiger partial charge in [-0.3, -0.25) is 9.36 Å². The van der Waals surface area contributed by atoms with E-state index in [9.17, 15) is 4.79 Å². The third-order valence-electron chi connectivity index (χ3n) is 3.60. The molecule has 0 unspecified atom stereocenters. The standard InChI is InChI=1S/C17H19N5O3/c1-12(24)13-2-3-15-14(10-13)16(19-5-8-25-9-7-23)21-17(20-15)22-6-4-18-11-22/h2-4,6,10-11,23H,5,7-9H2,1H3,(H,19,20,21). The van der Waals surface area contributed by atoms with Crippen LogP contribution < -0.4 is 5.32 Å². The Balaban J connectivity index is 1.96. The van der Waals surface area contributed by atoms with Crippen LogP contribution in [0, 0.1) is 0 Å². The summed E-state index contributed by atoms with van der Waals surface area (Å²) in [5, 5.41) is 12.7. The zero-order valence-corrected chi connectivity index (χ0v) is 13.8. The molecule has 8 heteroatoms. The number of anilines is 1. The minimum Gasteiger partial charge on any atom is -0.394 e. The van der Waals surface area contributed by atoms with Crippen molar-refractivity contribution in [2.45, 2.75) is 6.92 Å². The molecular weight excluding hydrogens is 322 g/mol. The third-order valence-corrected chi connectivity index (χ3v) is 3.60. The van der Waals surface area contributed by atoms with E-state index >= 15 is 0 Å². The van der Waals surface area contributed by atoms with Crippen LogP contribution >= 0.6 is 0 Å². The Labute approximate surface area is 144 Å². The van der Waals surface area contributed by atoms with E-state index in [1.165, 1.54) is 6.92 Å². The summed E-state index contributed by atoms with van der Waals surface area (Å²) in [5.74, 6) is 1.08. The van der Waals surface area contributed by atoms with Crippen LogP contribution in [0.5, 0.6) is 0 Å². The Bertz CT molecular complexity index is 864. The van der Waals surface area contributed by atoms with Gasteiger partial charge in [-0.2, -0.15) is 4.98 Å². The Morgan fingerprint density at radius 1 is 1.32 bits per heavy atom. The number of imidazole rings is 1. The summed E-state index contributed by atoms with van der Waals surface area (Å²) in [6.45, 7) is 2.75. The molecular formula is C17H19N5O3. The molecule has 0 spiro atoms. The van der Waals surface area contributed by atoms with E-state index in [0.29, 0.717) is 37.1 Å². The minimum absolute atomic E-state index is 0.0107. The van der Waals surface area contributed by atoms with Crippen LogP contribution in [-0.4, -0.2) is 56.8 Å². The lowest BCUT2D eigenvalue weighted by molar-refractivity contribution is 0.0992. The largest absolute Gasteiger partial charge is 0.394 e. The molecule has 2 heterocycles. The molecule has 1 aromatic carbocycles. The van der Waals surface area contributed by atoms with Crippen molar-refractivity contribution in [2.75, 3.05) is 31.7 Å². The molecule has 3 rings (SSSR count). The Morgan fingerprint density at radius 3 is 2.92 bits per heavy atom.